The van der Waals surface area contributed by atoms with Crippen molar-refractivity contribution >= 4 is 15.9 Å². The van der Waals surface area contributed by atoms with Crippen molar-refractivity contribution in [2.45, 2.75) is 12.5 Å². The Morgan fingerprint density at radius 3 is 2.53 bits per heavy atom. The summed E-state index contributed by atoms with van der Waals surface area (Å²) in [5.74, 6) is 0.535. The number of ether oxygens (including phenoxy) is 1. The third kappa shape index (κ3) is 3.55. The molecule has 0 heterocycles. The van der Waals surface area contributed by atoms with E-state index in [2.05, 4.69) is 15.9 Å². The highest BCUT2D eigenvalue weighted by Crippen LogP contribution is 2.28. The summed E-state index contributed by atoms with van der Waals surface area (Å²) >= 11 is 3.49. The van der Waals surface area contributed by atoms with Gasteiger partial charge in [0.05, 0.1) is 7.11 Å². The Balaban J connectivity index is 2.19. The fourth-order valence-corrected chi connectivity index (χ4v) is 2.46. The molecule has 0 radical (unpaired) electrons. The van der Waals surface area contributed by atoms with Gasteiger partial charge in [0.1, 0.15) is 11.6 Å². The van der Waals surface area contributed by atoms with Crippen LogP contribution in [0.25, 0.3) is 0 Å². The summed E-state index contributed by atoms with van der Waals surface area (Å²) in [5, 5.41) is 0. The van der Waals surface area contributed by atoms with Crippen LogP contribution in [0.4, 0.5) is 4.39 Å². The molecule has 0 saturated carbocycles. The average Bonchev–Trinajstić information content (AvgIpc) is 2.42. The molecule has 100 valence electrons. The van der Waals surface area contributed by atoms with E-state index in [0.29, 0.717) is 6.42 Å². The minimum atomic E-state index is -0.236. The van der Waals surface area contributed by atoms with Gasteiger partial charge in [-0.1, -0.05) is 28.1 Å². The van der Waals surface area contributed by atoms with Crippen LogP contribution in [0.1, 0.15) is 17.2 Å². The van der Waals surface area contributed by atoms with E-state index in [4.69, 9.17) is 10.5 Å². The van der Waals surface area contributed by atoms with Crippen molar-refractivity contribution in [3.8, 4) is 5.75 Å². The molecular weight excluding hydrogens is 309 g/mol. The van der Waals surface area contributed by atoms with Crippen LogP contribution in [0.5, 0.6) is 5.75 Å². The van der Waals surface area contributed by atoms with Crippen LogP contribution in [-0.4, -0.2) is 7.11 Å². The van der Waals surface area contributed by atoms with Crippen LogP contribution in [0.2, 0.25) is 0 Å². The Hall–Kier alpha value is -1.39. The number of nitrogens with two attached hydrogens (primary N) is 1. The number of halogens is 2. The number of rotatable bonds is 4. The van der Waals surface area contributed by atoms with Gasteiger partial charge in [0, 0.05) is 10.5 Å². The third-order valence-corrected chi connectivity index (χ3v) is 3.69. The Labute approximate surface area is 120 Å². The van der Waals surface area contributed by atoms with Gasteiger partial charge in [0.2, 0.25) is 0 Å². The maximum Gasteiger partial charge on any atom is 0.123 e. The molecule has 2 aromatic carbocycles. The van der Waals surface area contributed by atoms with Gasteiger partial charge in [0.15, 0.2) is 0 Å². The van der Waals surface area contributed by atoms with Gasteiger partial charge in [-0.2, -0.15) is 0 Å². The lowest BCUT2D eigenvalue weighted by Gasteiger charge is -2.15. The van der Waals surface area contributed by atoms with Crippen molar-refractivity contribution in [3.63, 3.8) is 0 Å². The van der Waals surface area contributed by atoms with Gasteiger partial charge >= 0.3 is 0 Å². The average molecular weight is 324 g/mol. The second kappa shape index (κ2) is 6.17. The topological polar surface area (TPSA) is 35.2 Å². The Kier molecular flexibility index (Phi) is 4.56. The first-order chi connectivity index (χ1) is 9.10. The second-order valence-electron chi connectivity index (χ2n) is 4.32. The molecule has 4 heteroatoms. The van der Waals surface area contributed by atoms with E-state index in [-0.39, 0.29) is 11.9 Å². The smallest absolute Gasteiger partial charge is 0.123 e. The van der Waals surface area contributed by atoms with Gasteiger partial charge < -0.3 is 10.5 Å². The first kappa shape index (κ1) is 14.0. The predicted octanol–water partition coefficient (Wildman–Crippen LogP) is 3.84. The standard InChI is InChI=1S/C15H15BrFNO/c1-19-12-6-7-14(16)13(9-12)15(18)8-10-2-4-11(17)5-3-10/h2-7,9,15H,8,18H2,1H3. The predicted molar refractivity (Wildman–Crippen MR) is 77.7 cm³/mol. The van der Waals surface area contributed by atoms with Crippen LogP contribution in [0.15, 0.2) is 46.9 Å². The number of hydrogen-bond donors (Lipinski definition) is 1. The SMILES string of the molecule is COc1ccc(Br)c(C(N)Cc2ccc(F)cc2)c1. The normalized spacial score (nSPS) is 12.2. The lowest BCUT2D eigenvalue weighted by atomic mass is 9.99. The van der Waals surface area contributed by atoms with E-state index in [0.717, 1.165) is 21.3 Å². The number of hydrogen-bond acceptors (Lipinski definition) is 2. The van der Waals surface area contributed by atoms with Crippen molar-refractivity contribution in [2.75, 3.05) is 7.11 Å². The molecule has 1 unspecified atom stereocenters. The monoisotopic (exact) mass is 323 g/mol. The van der Waals surface area contributed by atoms with E-state index in [1.54, 1.807) is 19.2 Å². The van der Waals surface area contributed by atoms with Crippen molar-refractivity contribution in [1.82, 2.24) is 0 Å². The first-order valence-corrected chi connectivity index (χ1v) is 6.73. The molecule has 19 heavy (non-hydrogen) atoms. The zero-order valence-corrected chi connectivity index (χ0v) is 12.2. The van der Waals surface area contributed by atoms with E-state index in [1.165, 1.54) is 12.1 Å². The molecule has 2 nitrogen and oxygen atoms in total. The van der Waals surface area contributed by atoms with E-state index >= 15 is 0 Å². The minimum Gasteiger partial charge on any atom is -0.497 e. The molecule has 0 saturated heterocycles. The van der Waals surface area contributed by atoms with Crippen molar-refractivity contribution < 1.29 is 9.13 Å². The zero-order valence-electron chi connectivity index (χ0n) is 10.6. The van der Waals surface area contributed by atoms with Crippen LogP contribution >= 0.6 is 15.9 Å². The molecule has 0 bridgehead atoms. The lowest BCUT2D eigenvalue weighted by molar-refractivity contribution is 0.413. The van der Waals surface area contributed by atoms with Crippen molar-refractivity contribution in [3.05, 3.63) is 63.9 Å². The Bertz CT molecular complexity index is 557. The lowest BCUT2D eigenvalue weighted by Crippen LogP contribution is -2.14. The highest BCUT2D eigenvalue weighted by atomic mass is 79.9. The molecule has 0 aliphatic carbocycles. The summed E-state index contributed by atoms with van der Waals surface area (Å²) in [6.07, 6.45) is 0.645. The van der Waals surface area contributed by atoms with E-state index in [1.807, 2.05) is 18.2 Å². The second-order valence-corrected chi connectivity index (χ2v) is 5.18. The summed E-state index contributed by atoms with van der Waals surface area (Å²) in [6, 6.07) is 11.9. The molecular formula is C15H15BrFNO. The largest absolute Gasteiger partial charge is 0.497 e. The molecule has 0 amide bonds. The fourth-order valence-electron chi connectivity index (χ4n) is 1.92. The molecule has 0 fully saturated rings. The zero-order chi connectivity index (χ0) is 13.8. The third-order valence-electron chi connectivity index (χ3n) is 2.97. The molecule has 2 rings (SSSR count). The Morgan fingerprint density at radius 1 is 1.21 bits per heavy atom. The summed E-state index contributed by atoms with van der Waals surface area (Å²) in [5.41, 5.74) is 8.19. The van der Waals surface area contributed by atoms with Gasteiger partial charge in [-0.25, -0.2) is 4.39 Å². The molecule has 2 aromatic rings. The van der Waals surface area contributed by atoms with Gasteiger partial charge in [-0.3, -0.25) is 0 Å². The molecule has 2 N–H and O–H groups in total. The summed E-state index contributed by atoms with van der Waals surface area (Å²) in [6.45, 7) is 0. The highest BCUT2D eigenvalue weighted by Gasteiger charge is 2.12. The summed E-state index contributed by atoms with van der Waals surface area (Å²) in [7, 11) is 1.62. The molecule has 1 atom stereocenters. The first-order valence-electron chi connectivity index (χ1n) is 5.93. The number of benzene rings is 2. The number of methoxy groups -OCH3 is 1. The maximum absolute atomic E-state index is 12.9. The fraction of sp³-hybridized carbons (Fsp3) is 0.200. The van der Waals surface area contributed by atoms with Gasteiger partial charge in [-0.05, 0) is 47.9 Å². The highest BCUT2D eigenvalue weighted by molar-refractivity contribution is 9.10. The quantitative estimate of drug-likeness (QED) is 0.927. The van der Waals surface area contributed by atoms with Gasteiger partial charge in [-0.15, -0.1) is 0 Å². The maximum atomic E-state index is 12.9. The van der Waals surface area contributed by atoms with E-state index < -0.39 is 0 Å². The van der Waals surface area contributed by atoms with Crippen LogP contribution in [0.3, 0.4) is 0 Å². The van der Waals surface area contributed by atoms with Crippen molar-refractivity contribution in [1.29, 1.82) is 0 Å². The molecule has 0 aromatic heterocycles. The van der Waals surface area contributed by atoms with Crippen LogP contribution in [-0.2, 0) is 6.42 Å². The van der Waals surface area contributed by atoms with Crippen LogP contribution in [0, 0.1) is 5.82 Å². The molecule has 0 aliphatic rings. The van der Waals surface area contributed by atoms with Crippen molar-refractivity contribution in [2.24, 2.45) is 5.73 Å². The van der Waals surface area contributed by atoms with E-state index in [9.17, 15) is 4.39 Å². The Morgan fingerprint density at radius 2 is 1.89 bits per heavy atom. The minimum absolute atomic E-state index is 0.171. The summed E-state index contributed by atoms with van der Waals surface area (Å²) < 4.78 is 19.0. The summed E-state index contributed by atoms with van der Waals surface area (Å²) in [4.78, 5) is 0. The van der Waals surface area contributed by atoms with Crippen LogP contribution < -0.4 is 10.5 Å². The molecule has 0 spiro atoms. The molecule has 0 aliphatic heterocycles. The van der Waals surface area contributed by atoms with Gasteiger partial charge in [0.25, 0.3) is 0 Å².